The minimum absolute atomic E-state index is 0.0181. The number of para-hydroxylation sites is 2. The van der Waals surface area contributed by atoms with Crippen LogP contribution >= 0.6 is 0 Å². The number of rotatable bonds is 6. The van der Waals surface area contributed by atoms with E-state index in [1.165, 1.54) is 22.3 Å². The second-order valence-electron chi connectivity index (χ2n) is 8.42. The van der Waals surface area contributed by atoms with Gasteiger partial charge in [-0.2, -0.15) is 0 Å². The first-order valence-corrected chi connectivity index (χ1v) is 11.4. The van der Waals surface area contributed by atoms with E-state index in [1.807, 2.05) is 36.4 Å². The Hall–Kier alpha value is -4.58. The summed E-state index contributed by atoms with van der Waals surface area (Å²) >= 11 is 0. The highest BCUT2D eigenvalue weighted by Gasteiger charge is 2.28. The summed E-state index contributed by atoms with van der Waals surface area (Å²) < 4.78 is 5.57. The molecule has 0 spiro atoms. The van der Waals surface area contributed by atoms with Gasteiger partial charge in [-0.05, 0) is 52.1 Å². The Morgan fingerprint density at radius 3 is 2.03 bits per heavy atom. The number of nitrogens with two attached hydrogens (primary N) is 1. The first-order chi connectivity index (χ1) is 17.1. The SMILES string of the molecule is Nc1ccccc1NC(=O)c1ccc(CNC(=O)OCC2c3ccccc3-c3ccccc32)cc1. The molecule has 174 valence electrons. The molecule has 6 nitrogen and oxygen atoms in total. The second kappa shape index (κ2) is 9.73. The van der Waals surface area contributed by atoms with Crippen molar-refractivity contribution in [1.82, 2.24) is 5.32 Å². The fourth-order valence-electron chi connectivity index (χ4n) is 4.40. The van der Waals surface area contributed by atoms with Crippen molar-refractivity contribution in [1.29, 1.82) is 0 Å². The normalized spacial score (nSPS) is 11.9. The number of amides is 2. The van der Waals surface area contributed by atoms with Crippen molar-refractivity contribution in [2.75, 3.05) is 17.7 Å². The highest BCUT2D eigenvalue weighted by atomic mass is 16.5. The zero-order valence-corrected chi connectivity index (χ0v) is 19.0. The van der Waals surface area contributed by atoms with Gasteiger partial charge in [0.15, 0.2) is 0 Å². The number of benzene rings is 4. The molecule has 2 amide bonds. The van der Waals surface area contributed by atoms with E-state index in [4.69, 9.17) is 10.5 Å². The Morgan fingerprint density at radius 2 is 1.37 bits per heavy atom. The Bertz CT molecular complexity index is 1340. The zero-order valence-electron chi connectivity index (χ0n) is 19.0. The van der Waals surface area contributed by atoms with Crippen LogP contribution < -0.4 is 16.4 Å². The summed E-state index contributed by atoms with van der Waals surface area (Å²) in [5.74, 6) is -0.233. The highest BCUT2D eigenvalue weighted by Crippen LogP contribution is 2.44. The monoisotopic (exact) mass is 463 g/mol. The molecule has 0 aromatic heterocycles. The predicted octanol–water partition coefficient (Wildman–Crippen LogP) is 5.56. The standard InChI is InChI=1S/C29H25N3O3/c30-26-11-5-6-12-27(26)32-28(33)20-15-13-19(14-16-20)17-31-29(34)35-18-25-23-9-3-1-7-21(23)22-8-2-4-10-24(22)25/h1-16,25H,17-18,30H2,(H,31,34)(H,32,33). The van der Waals surface area contributed by atoms with E-state index in [0.29, 0.717) is 23.5 Å². The van der Waals surface area contributed by atoms with E-state index < -0.39 is 6.09 Å². The molecule has 4 N–H and O–H groups in total. The van der Waals surface area contributed by atoms with Gasteiger partial charge < -0.3 is 21.1 Å². The molecular formula is C29H25N3O3. The summed E-state index contributed by atoms with van der Waals surface area (Å²) in [5, 5.41) is 5.59. The van der Waals surface area contributed by atoms with E-state index in [0.717, 1.165) is 5.56 Å². The van der Waals surface area contributed by atoms with Gasteiger partial charge in [0.05, 0.1) is 11.4 Å². The van der Waals surface area contributed by atoms with Crippen LogP contribution in [-0.2, 0) is 11.3 Å². The summed E-state index contributed by atoms with van der Waals surface area (Å²) in [5.41, 5.74) is 13.0. The topological polar surface area (TPSA) is 93.5 Å². The van der Waals surface area contributed by atoms with E-state index in [1.54, 1.807) is 36.4 Å². The van der Waals surface area contributed by atoms with E-state index >= 15 is 0 Å². The van der Waals surface area contributed by atoms with Crippen LogP contribution in [0.4, 0.5) is 16.2 Å². The average Bonchev–Trinajstić information content (AvgIpc) is 3.21. The molecule has 0 saturated carbocycles. The van der Waals surface area contributed by atoms with Crippen molar-refractivity contribution in [2.45, 2.75) is 12.5 Å². The van der Waals surface area contributed by atoms with Crippen molar-refractivity contribution in [2.24, 2.45) is 0 Å². The van der Waals surface area contributed by atoms with E-state index in [9.17, 15) is 9.59 Å². The number of hydrogen-bond acceptors (Lipinski definition) is 4. The van der Waals surface area contributed by atoms with Crippen LogP contribution in [0.1, 0.15) is 33.0 Å². The molecule has 35 heavy (non-hydrogen) atoms. The molecule has 0 aliphatic heterocycles. The third kappa shape index (κ3) is 4.73. The number of ether oxygens (including phenoxy) is 1. The van der Waals surface area contributed by atoms with E-state index in [-0.39, 0.29) is 18.4 Å². The molecule has 0 bridgehead atoms. The molecule has 0 saturated heterocycles. The van der Waals surface area contributed by atoms with Crippen LogP contribution in [0.5, 0.6) is 0 Å². The lowest BCUT2D eigenvalue weighted by atomic mass is 9.98. The fourth-order valence-corrected chi connectivity index (χ4v) is 4.40. The second-order valence-corrected chi connectivity index (χ2v) is 8.42. The van der Waals surface area contributed by atoms with Crippen LogP contribution in [0.15, 0.2) is 97.1 Å². The Labute approximate surface area is 203 Å². The Kier molecular flexibility index (Phi) is 6.18. The molecular weight excluding hydrogens is 438 g/mol. The maximum Gasteiger partial charge on any atom is 0.407 e. The molecule has 0 heterocycles. The van der Waals surface area contributed by atoms with Gasteiger partial charge in [-0.25, -0.2) is 4.79 Å². The number of alkyl carbamates (subject to hydrolysis) is 1. The Balaban J connectivity index is 1.15. The van der Waals surface area contributed by atoms with Gasteiger partial charge in [-0.3, -0.25) is 4.79 Å². The molecule has 0 radical (unpaired) electrons. The number of nitrogens with one attached hydrogen (secondary N) is 2. The minimum Gasteiger partial charge on any atom is -0.449 e. The molecule has 4 aromatic carbocycles. The van der Waals surface area contributed by atoms with Crippen LogP contribution in [-0.4, -0.2) is 18.6 Å². The van der Waals surface area contributed by atoms with E-state index in [2.05, 4.69) is 34.9 Å². The zero-order chi connectivity index (χ0) is 24.2. The minimum atomic E-state index is -0.478. The molecule has 0 unspecified atom stereocenters. The molecule has 4 aromatic rings. The van der Waals surface area contributed by atoms with Crippen molar-refractivity contribution >= 4 is 23.4 Å². The van der Waals surface area contributed by atoms with Gasteiger partial charge in [0.2, 0.25) is 0 Å². The van der Waals surface area contributed by atoms with Gasteiger partial charge in [0.1, 0.15) is 6.61 Å². The fraction of sp³-hybridized carbons (Fsp3) is 0.103. The van der Waals surface area contributed by atoms with Gasteiger partial charge in [0, 0.05) is 18.0 Å². The van der Waals surface area contributed by atoms with Crippen molar-refractivity contribution in [3.63, 3.8) is 0 Å². The van der Waals surface area contributed by atoms with Gasteiger partial charge in [-0.15, -0.1) is 0 Å². The number of hydrogen-bond donors (Lipinski definition) is 3. The van der Waals surface area contributed by atoms with Crippen molar-refractivity contribution in [3.05, 3.63) is 119 Å². The maximum atomic E-state index is 12.5. The molecule has 6 heteroatoms. The third-order valence-corrected chi connectivity index (χ3v) is 6.21. The lowest BCUT2D eigenvalue weighted by molar-refractivity contribution is 0.102. The summed E-state index contributed by atoms with van der Waals surface area (Å²) in [7, 11) is 0. The van der Waals surface area contributed by atoms with Crippen LogP contribution in [0.2, 0.25) is 0 Å². The summed E-state index contributed by atoms with van der Waals surface area (Å²) in [6.07, 6.45) is -0.478. The summed E-state index contributed by atoms with van der Waals surface area (Å²) in [6, 6.07) is 30.6. The number of carbonyl (C=O) groups is 2. The molecule has 5 rings (SSSR count). The number of nitrogen functional groups attached to an aromatic ring is 1. The quantitative estimate of drug-likeness (QED) is 0.326. The lowest BCUT2D eigenvalue weighted by Crippen LogP contribution is -2.25. The van der Waals surface area contributed by atoms with Gasteiger partial charge in [0.25, 0.3) is 5.91 Å². The first-order valence-electron chi connectivity index (χ1n) is 11.4. The smallest absolute Gasteiger partial charge is 0.407 e. The highest BCUT2D eigenvalue weighted by molar-refractivity contribution is 6.05. The molecule has 0 fully saturated rings. The van der Waals surface area contributed by atoms with Crippen LogP contribution in [0.3, 0.4) is 0 Å². The van der Waals surface area contributed by atoms with Gasteiger partial charge in [-0.1, -0.05) is 72.8 Å². The van der Waals surface area contributed by atoms with Crippen LogP contribution in [0.25, 0.3) is 11.1 Å². The molecule has 0 atom stereocenters. The lowest BCUT2D eigenvalue weighted by Gasteiger charge is -2.14. The molecule has 1 aliphatic carbocycles. The average molecular weight is 464 g/mol. The summed E-state index contributed by atoms with van der Waals surface area (Å²) in [4.78, 5) is 24.9. The van der Waals surface area contributed by atoms with Crippen molar-refractivity contribution < 1.29 is 14.3 Å². The predicted molar refractivity (Wildman–Crippen MR) is 137 cm³/mol. The maximum absolute atomic E-state index is 12.5. The number of fused-ring (bicyclic) bond motifs is 3. The van der Waals surface area contributed by atoms with Crippen molar-refractivity contribution in [3.8, 4) is 11.1 Å². The Morgan fingerprint density at radius 1 is 0.771 bits per heavy atom. The molecule has 1 aliphatic rings. The number of anilines is 2. The third-order valence-electron chi connectivity index (χ3n) is 6.21. The van der Waals surface area contributed by atoms with Crippen LogP contribution in [0, 0.1) is 0 Å². The number of carbonyl (C=O) groups excluding carboxylic acids is 2. The van der Waals surface area contributed by atoms with Gasteiger partial charge >= 0.3 is 6.09 Å². The largest absolute Gasteiger partial charge is 0.449 e. The first kappa shape index (κ1) is 22.2. The summed E-state index contributed by atoms with van der Waals surface area (Å²) in [6.45, 7) is 0.561.